The van der Waals surface area contributed by atoms with Gasteiger partial charge in [-0.1, -0.05) is 29.3 Å². The molecular formula is C25H20Cl2F2N6O3S. The van der Waals surface area contributed by atoms with Crippen molar-refractivity contribution in [3.63, 3.8) is 0 Å². The fourth-order valence-corrected chi connectivity index (χ4v) is 6.18. The molecular weight excluding hydrogens is 573 g/mol. The van der Waals surface area contributed by atoms with Crippen molar-refractivity contribution < 1.29 is 22.3 Å². The van der Waals surface area contributed by atoms with Crippen LogP contribution >= 0.6 is 23.2 Å². The number of aliphatic hydroxyl groups is 1. The average Bonchev–Trinajstić information content (AvgIpc) is 3.54. The molecule has 5 aromatic rings. The van der Waals surface area contributed by atoms with Crippen molar-refractivity contribution in [2.24, 2.45) is 0 Å². The second-order valence-corrected chi connectivity index (χ2v) is 11.4. The normalized spacial score (nSPS) is 14.3. The van der Waals surface area contributed by atoms with Gasteiger partial charge in [-0.2, -0.15) is 10.2 Å². The highest BCUT2D eigenvalue weighted by atomic mass is 35.5. The van der Waals surface area contributed by atoms with Crippen LogP contribution in [0.4, 0.5) is 14.5 Å². The molecule has 2 heterocycles. The maximum Gasteiger partial charge on any atom is 0.263 e. The minimum Gasteiger partial charge on any atom is -0.381 e. The largest absolute Gasteiger partial charge is 0.381 e. The van der Waals surface area contributed by atoms with E-state index in [1.54, 1.807) is 19.1 Å². The third-order valence-electron chi connectivity index (χ3n) is 6.36. The lowest BCUT2D eigenvalue weighted by Crippen LogP contribution is -2.41. The van der Waals surface area contributed by atoms with Gasteiger partial charge < -0.3 is 5.11 Å². The summed E-state index contributed by atoms with van der Waals surface area (Å²) in [4.78, 5) is 3.69. The molecule has 0 aliphatic carbocycles. The number of fused-ring (bicyclic) bond motifs is 1. The molecule has 0 amide bonds. The van der Waals surface area contributed by atoms with Crippen LogP contribution in [0, 0.1) is 11.6 Å². The number of nitrogens with one attached hydrogen (secondary N) is 1. The molecule has 0 saturated carbocycles. The smallest absolute Gasteiger partial charge is 0.263 e. The number of hydrogen-bond donors (Lipinski definition) is 2. The van der Waals surface area contributed by atoms with E-state index in [0.717, 1.165) is 6.07 Å². The number of rotatable bonds is 8. The third-order valence-corrected chi connectivity index (χ3v) is 8.45. The van der Waals surface area contributed by atoms with Crippen molar-refractivity contribution in [2.45, 2.75) is 30.0 Å². The van der Waals surface area contributed by atoms with E-state index >= 15 is 0 Å². The summed E-state index contributed by atoms with van der Waals surface area (Å²) < 4.78 is 59.8. The zero-order valence-corrected chi connectivity index (χ0v) is 22.5. The van der Waals surface area contributed by atoms with E-state index in [4.69, 9.17) is 23.2 Å². The predicted octanol–water partition coefficient (Wildman–Crippen LogP) is 5.16. The molecule has 39 heavy (non-hydrogen) atoms. The summed E-state index contributed by atoms with van der Waals surface area (Å²) in [5, 5.41) is 21.0. The first-order valence-electron chi connectivity index (χ1n) is 11.4. The van der Waals surface area contributed by atoms with Crippen LogP contribution in [0.5, 0.6) is 0 Å². The van der Waals surface area contributed by atoms with Gasteiger partial charge in [-0.15, -0.1) is 0 Å². The highest BCUT2D eigenvalue weighted by molar-refractivity contribution is 7.92. The van der Waals surface area contributed by atoms with Crippen LogP contribution in [0.15, 0.2) is 78.3 Å². The Labute approximate surface area is 231 Å². The Bertz CT molecular complexity index is 1780. The van der Waals surface area contributed by atoms with Crippen LogP contribution in [0.2, 0.25) is 10.0 Å². The SMILES string of the molecule is CC(n1ncc2cc(NS(=O)(=O)c3cc(Cl)ccc3Cl)ccc21)C(O)(Cn1cncn1)c1ccc(F)cc1F. The molecule has 0 aliphatic heterocycles. The second kappa shape index (κ2) is 10.2. The molecule has 9 nitrogen and oxygen atoms in total. The molecule has 2 N–H and O–H groups in total. The topological polar surface area (TPSA) is 115 Å². The molecule has 2 atom stereocenters. The summed E-state index contributed by atoms with van der Waals surface area (Å²) in [6.07, 6.45) is 4.12. The van der Waals surface area contributed by atoms with Gasteiger partial charge in [0.25, 0.3) is 10.0 Å². The number of anilines is 1. The summed E-state index contributed by atoms with van der Waals surface area (Å²) >= 11 is 12.0. The van der Waals surface area contributed by atoms with Gasteiger partial charge in [0.15, 0.2) is 0 Å². The lowest BCUT2D eigenvalue weighted by atomic mass is 9.86. The van der Waals surface area contributed by atoms with Crippen molar-refractivity contribution in [2.75, 3.05) is 4.72 Å². The van der Waals surface area contributed by atoms with Crippen molar-refractivity contribution in [3.8, 4) is 0 Å². The summed E-state index contributed by atoms with van der Waals surface area (Å²) in [6.45, 7) is 1.42. The molecule has 0 fully saturated rings. The number of hydrogen-bond acceptors (Lipinski definition) is 6. The Balaban J connectivity index is 1.52. The van der Waals surface area contributed by atoms with E-state index in [0.29, 0.717) is 17.0 Å². The maximum atomic E-state index is 14.9. The van der Waals surface area contributed by atoms with Crippen LogP contribution in [-0.2, 0) is 22.2 Å². The summed E-state index contributed by atoms with van der Waals surface area (Å²) in [7, 11) is -4.06. The highest BCUT2D eigenvalue weighted by Crippen LogP contribution is 2.38. The van der Waals surface area contributed by atoms with Crippen LogP contribution < -0.4 is 4.72 Å². The third kappa shape index (κ3) is 5.20. The maximum absolute atomic E-state index is 14.9. The van der Waals surface area contributed by atoms with Gasteiger partial charge in [0.05, 0.1) is 29.3 Å². The van der Waals surface area contributed by atoms with Crippen molar-refractivity contribution >= 4 is 49.8 Å². The molecule has 0 radical (unpaired) electrons. The van der Waals surface area contributed by atoms with Crippen molar-refractivity contribution in [3.05, 3.63) is 101 Å². The Morgan fingerprint density at radius 3 is 2.59 bits per heavy atom. The van der Waals surface area contributed by atoms with Crippen LogP contribution in [-0.4, -0.2) is 38.1 Å². The van der Waals surface area contributed by atoms with E-state index in [1.165, 1.54) is 58.5 Å². The first-order valence-corrected chi connectivity index (χ1v) is 13.7. The Morgan fingerprint density at radius 2 is 1.87 bits per heavy atom. The molecule has 2 unspecified atom stereocenters. The first kappa shape index (κ1) is 27.0. The Hall–Kier alpha value is -3.58. The number of nitrogens with zero attached hydrogens (tertiary/aromatic N) is 5. The molecule has 202 valence electrons. The summed E-state index contributed by atoms with van der Waals surface area (Å²) in [5.74, 6) is -1.72. The van der Waals surface area contributed by atoms with Gasteiger partial charge in [-0.3, -0.25) is 9.40 Å². The zero-order valence-electron chi connectivity index (χ0n) is 20.1. The Morgan fingerprint density at radius 1 is 1.08 bits per heavy atom. The van der Waals surface area contributed by atoms with Crippen LogP contribution in [0.25, 0.3) is 10.9 Å². The van der Waals surface area contributed by atoms with E-state index in [1.807, 2.05) is 0 Å². The molecule has 3 aromatic carbocycles. The van der Waals surface area contributed by atoms with E-state index in [-0.39, 0.29) is 32.7 Å². The van der Waals surface area contributed by atoms with E-state index in [9.17, 15) is 22.3 Å². The quantitative estimate of drug-likeness (QED) is 0.257. The molecule has 0 spiro atoms. The fourth-order valence-electron chi connectivity index (χ4n) is 4.37. The molecule has 0 bridgehead atoms. The highest BCUT2D eigenvalue weighted by Gasteiger charge is 2.41. The lowest BCUT2D eigenvalue weighted by molar-refractivity contribution is -0.0354. The minimum atomic E-state index is -4.06. The standard InChI is InChI=1S/C25H20Cl2F2N6O3S/c1-15(25(36,12-34-14-30-13-32-34)20-5-3-18(28)10-22(20)29)35-23-7-4-19(8-16(23)11-31-35)33-39(37,38)24-9-17(26)2-6-21(24)27/h2-11,13-15,33,36H,12H2,1H3. The molecule has 0 saturated heterocycles. The van der Waals surface area contributed by atoms with Crippen LogP contribution in [0.1, 0.15) is 18.5 Å². The van der Waals surface area contributed by atoms with Gasteiger partial charge in [0.2, 0.25) is 0 Å². The van der Waals surface area contributed by atoms with Gasteiger partial charge in [-0.25, -0.2) is 26.9 Å². The number of halogens is 4. The minimum absolute atomic E-state index is 0.00863. The zero-order chi connectivity index (χ0) is 27.9. The average molecular weight is 593 g/mol. The van der Waals surface area contributed by atoms with Crippen molar-refractivity contribution in [1.29, 1.82) is 0 Å². The molecule has 0 aliphatic rings. The van der Waals surface area contributed by atoms with Gasteiger partial charge in [-0.05, 0) is 49.4 Å². The predicted molar refractivity (Wildman–Crippen MR) is 142 cm³/mol. The lowest BCUT2D eigenvalue weighted by Gasteiger charge is -2.35. The van der Waals surface area contributed by atoms with Gasteiger partial charge >= 0.3 is 0 Å². The summed E-state index contributed by atoms with van der Waals surface area (Å²) in [6, 6.07) is 10.8. The molecule has 14 heteroatoms. The van der Waals surface area contributed by atoms with Crippen LogP contribution in [0.3, 0.4) is 0 Å². The number of aromatic nitrogens is 5. The monoisotopic (exact) mass is 592 g/mol. The number of sulfonamides is 1. The number of benzene rings is 3. The summed E-state index contributed by atoms with van der Waals surface area (Å²) in [5.41, 5.74) is -1.34. The fraction of sp³-hybridized carbons (Fsp3) is 0.160. The van der Waals surface area contributed by atoms with Gasteiger partial charge in [0, 0.05) is 27.7 Å². The second-order valence-electron chi connectivity index (χ2n) is 8.86. The van der Waals surface area contributed by atoms with Crippen molar-refractivity contribution in [1.82, 2.24) is 24.5 Å². The molecule has 2 aromatic heterocycles. The van der Waals surface area contributed by atoms with E-state index in [2.05, 4.69) is 19.9 Å². The first-order chi connectivity index (χ1) is 18.5. The Kier molecular flexibility index (Phi) is 7.06. The van der Waals surface area contributed by atoms with E-state index < -0.39 is 33.3 Å². The van der Waals surface area contributed by atoms with Gasteiger partial charge in [0.1, 0.15) is 34.8 Å². The molecule has 5 rings (SSSR count).